The minimum Gasteiger partial charge on any atom is -0.389 e. The molecule has 15 atom stereocenters. The summed E-state index contributed by atoms with van der Waals surface area (Å²) in [5, 5.41) is 52.8. The summed E-state index contributed by atoms with van der Waals surface area (Å²) in [6, 6.07) is -3.96. The molecule has 0 radical (unpaired) electrons. The summed E-state index contributed by atoms with van der Waals surface area (Å²) < 4.78 is 23.2. The van der Waals surface area contributed by atoms with Crippen molar-refractivity contribution in [2.75, 3.05) is 20.1 Å². The van der Waals surface area contributed by atoms with Crippen molar-refractivity contribution in [3.8, 4) is 0 Å². The van der Waals surface area contributed by atoms with Gasteiger partial charge in [-0.2, -0.15) is 0 Å². The predicted octanol–water partition coefficient (Wildman–Crippen LogP) is -6.06. The molecule has 2 heterocycles. The van der Waals surface area contributed by atoms with E-state index in [0.29, 0.717) is 12.8 Å². The molecule has 1 amide bonds. The van der Waals surface area contributed by atoms with E-state index in [2.05, 4.69) is 0 Å². The first-order valence-corrected chi connectivity index (χ1v) is 13.3. The number of aliphatic hydroxyl groups excluding tert-OH is 5. The molecular formula is C23H46N6O10. The zero-order valence-corrected chi connectivity index (χ0v) is 22.3. The molecule has 16 nitrogen and oxygen atoms in total. The van der Waals surface area contributed by atoms with Crippen molar-refractivity contribution in [1.29, 1.82) is 0 Å². The van der Waals surface area contributed by atoms with Crippen molar-refractivity contribution in [3.63, 3.8) is 0 Å². The molecule has 0 bridgehead atoms. The third-order valence-corrected chi connectivity index (χ3v) is 7.73. The van der Waals surface area contributed by atoms with E-state index in [1.165, 1.54) is 4.90 Å². The van der Waals surface area contributed by atoms with Gasteiger partial charge in [0.25, 0.3) is 0 Å². The molecule has 3 aliphatic rings. The number of ether oxygens (including phenoxy) is 4. The molecule has 3 fully saturated rings. The highest BCUT2D eigenvalue weighted by Crippen LogP contribution is 2.31. The van der Waals surface area contributed by atoms with E-state index in [-0.39, 0.29) is 25.4 Å². The van der Waals surface area contributed by atoms with Crippen molar-refractivity contribution in [2.45, 2.75) is 118 Å². The molecule has 2 aliphatic heterocycles. The summed E-state index contributed by atoms with van der Waals surface area (Å²) in [6.07, 6.45) is -12.8. The molecule has 0 spiro atoms. The maximum Gasteiger partial charge on any atom is 0.222 e. The average molecular weight is 567 g/mol. The van der Waals surface area contributed by atoms with Crippen molar-refractivity contribution in [2.24, 2.45) is 28.7 Å². The fraction of sp³-hybridized carbons (Fsp3) is 0.957. The summed E-state index contributed by atoms with van der Waals surface area (Å²) in [7, 11) is 1.56. The summed E-state index contributed by atoms with van der Waals surface area (Å²) in [4.78, 5) is 13.6. The average Bonchev–Trinajstić information content (AvgIpc) is 2.89. The maximum atomic E-state index is 12.2. The van der Waals surface area contributed by atoms with Crippen LogP contribution in [-0.2, 0) is 23.7 Å². The largest absolute Gasteiger partial charge is 0.389 e. The number of nitrogens with two attached hydrogens (primary N) is 5. The Bertz CT molecular complexity index is 800. The van der Waals surface area contributed by atoms with Crippen LogP contribution < -0.4 is 28.7 Å². The lowest BCUT2D eigenvalue weighted by molar-refractivity contribution is -0.317. The predicted molar refractivity (Wildman–Crippen MR) is 135 cm³/mol. The van der Waals surface area contributed by atoms with Gasteiger partial charge in [0.1, 0.15) is 48.8 Å². The summed E-state index contributed by atoms with van der Waals surface area (Å²) in [5.74, 6) is -0.151. The second-order valence-corrected chi connectivity index (χ2v) is 10.7. The van der Waals surface area contributed by atoms with E-state index in [1.807, 2.05) is 6.92 Å². The van der Waals surface area contributed by atoms with Crippen LogP contribution in [0.5, 0.6) is 0 Å². The molecule has 2 saturated heterocycles. The van der Waals surface area contributed by atoms with Gasteiger partial charge in [-0.3, -0.25) is 4.79 Å². The minimum absolute atomic E-state index is 0.0104. The van der Waals surface area contributed by atoms with Gasteiger partial charge < -0.3 is 78.0 Å². The summed E-state index contributed by atoms with van der Waals surface area (Å²) >= 11 is 0. The smallest absolute Gasteiger partial charge is 0.222 e. The number of carbonyl (C=O) groups is 1. The van der Waals surface area contributed by atoms with Gasteiger partial charge in [0.2, 0.25) is 5.91 Å². The molecule has 3 rings (SSSR count). The number of hydrogen-bond donors (Lipinski definition) is 10. The number of carbonyl (C=O) groups excluding carboxylic acids is 1. The van der Waals surface area contributed by atoms with Crippen molar-refractivity contribution in [3.05, 3.63) is 0 Å². The van der Waals surface area contributed by atoms with E-state index in [0.717, 1.165) is 0 Å². The number of rotatable bonds is 9. The lowest BCUT2D eigenvalue weighted by atomic mass is 9.84. The zero-order valence-electron chi connectivity index (χ0n) is 22.3. The van der Waals surface area contributed by atoms with Crippen LogP contribution in [0.3, 0.4) is 0 Å². The number of hydrogen-bond acceptors (Lipinski definition) is 15. The van der Waals surface area contributed by atoms with E-state index in [1.54, 1.807) is 7.05 Å². The number of amides is 1. The lowest BCUT2D eigenvalue weighted by Crippen LogP contribution is -2.69. The Hall–Kier alpha value is -1.09. The second-order valence-electron chi connectivity index (χ2n) is 10.7. The monoisotopic (exact) mass is 566 g/mol. The number of likely N-dealkylation sites (N-methyl/N-ethyl adjacent to an activating group) is 1. The topological polar surface area (TPSA) is 288 Å². The van der Waals surface area contributed by atoms with Crippen LogP contribution >= 0.6 is 0 Å². The van der Waals surface area contributed by atoms with Gasteiger partial charge in [-0.15, -0.1) is 0 Å². The molecule has 0 unspecified atom stereocenters. The second kappa shape index (κ2) is 13.7. The molecule has 1 saturated carbocycles. The van der Waals surface area contributed by atoms with Gasteiger partial charge in [-0.05, 0) is 12.8 Å². The highest BCUT2D eigenvalue weighted by Gasteiger charge is 2.51. The number of nitrogens with zero attached hydrogens (tertiary/aromatic N) is 1. The first-order chi connectivity index (χ1) is 18.3. The van der Waals surface area contributed by atoms with Crippen LogP contribution in [0.15, 0.2) is 0 Å². The maximum absolute atomic E-state index is 12.2. The van der Waals surface area contributed by atoms with Gasteiger partial charge in [-0.1, -0.05) is 6.92 Å². The molecular weight excluding hydrogens is 520 g/mol. The quantitative estimate of drug-likeness (QED) is 0.124. The van der Waals surface area contributed by atoms with E-state index in [4.69, 9.17) is 47.6 Å². The Labute approximate surface area is 227 Å². The van der Waals surface area contributed by atoms with Crippen LogP contribution in [0, 0.1) is 0 Å². The standard InChI is InChI=1S/C23H46N6O10/c1-3-4-12(30)29(2)7-11-15(31)13(27)18(34)23(37-11)39-21-9(26)5-8(25)20(19(21)35)38-22-14(28)17(33)16(32)10(6-24)36-22/h8-11,13-23,31-35H,3-7,24-28H2,1-2H3/t8-,9+,10+,11+,13-,14+,15+,16+,17+,18+,19-,20+,21-,22+,23+/m0/s1. The van der Waals surface area contributed by atoms with E-state index in [9.17, 15) is 30.3 Å². The van der Waals surface area contributed by atoms with Crippen molar-refractivity contribution >= 4 is 5.91 Å². The van der Waals surface area contributed by atoms with Gasteiger partial charge in [0, 0.05) is 38.6 Å². The normalized spacial score (nSPS) is 47.1. The van der Waals surface area contributed by atoms with E-state index < -0.39 is 91.7 Å². The zero-order chi connectivity index (χ0) is 29.2. The fourth-order valence-corrected chi connectivity index (χ4v) is 5.22. The highest BCUT2D eigenvalue weighted by atomic mass is 16.7. The van der Waals surface area contributed by atoms with Crippen molar-refractivity contribution < 1.29 is 49.3 Å². The molecule has 228 valence electrons. The molecule has 0 aromatic carbocycles. The third kappa shape index (κ3) is 7.04. The SMILES string of the molecule is CCCC(=O)N(C)C[C@H]1O[C@H](O[C@@H]2[C@@H](O)[C@H](O[C@H]3O[C@H](CN)[C@@H](O)[C@H](O)[C@H]3N)[C@@H](N)C[C@H]2N)[C@H](O)[C@@H](N)[C@@H]1O. The molecule has 16 heteroatoms. The van der Waals surface area contributed by atoms with Gasteiger partial charge >= 0.3 is 0 Å². The van der Waals surface area contributed by atoms with Crippen LogP contribution in [0.4, 0.5) is 0 Å². The minimum atomic E-state index is -1.49. The Kier molecular flexibility index (Phi) is 11.4. The van der Waals surface area contributed by atoms with Crippen LogP contribution in [-0.4, -0.2) is 148 Å². The van der Waals surface area contributed by atoms with Crippen LogP contribution in [0.2, 0.25) is 0 Å². The first-order valence-electron chi connectivity index (χ1n) is 13.3. The Morgan fingerprint density at radius 2 is 1.38 bits per heavy atom. The summed E-state index contributed by atoms with van der Waals surface area (Å²) in [6.45, 7) is 1.74. The molecule has 0 aromatic rings. The van der Waals surface area contributed by atoms with Crippen molar-refractivity contribution in [1.82, 2.24) is 4.90 Å². The molecule has 39 heavy (non-hydrogen) atoms. The number of aliphatic hydroxyl groups is 5. The lowest BCUT2D eigenvalue weighted by Gasteiger charge is -2.48. The van der Waals surface area contributed by atoms with Crippen LogP contribution in [0.25, 0.3) is 0 Å². The van der Waals surface area contributed by atoms with Gasteiger partial charge in [0.05, 0.1) is 18.2 Å². The Morgan fingerprint density at radius 3 is 1.95 bits per heavy atom. The first kappa shape index (κ1) is 32.4. The third-order valence-electron chi connectivity index (χ3n) is 7.73. The molecule has 15 N–H and O–H groups in total. The van der Waals surface area contributed by atoms with Crippen LogP contribution in [0.1, 0.15) is 26.2 Å². The van der Waals surface area contributed by atoms with E-state index >= 15 is 0 Å². The fourth-order valence-electron chi connectivity index (χ4n) is 5.22. The molecule has 1 aliphatic carbocycles. The Balaban J connectivity index is 1.72. The molecule has 0 aromatic heterocycles. The highest BCUT2D eigenvalue weighted by molar-refractivity contribution is 5.75. The Morgan fingerprint density at radius 1 is 0.821 bits per heavy atom. The summed E-state index contributed by atoms with van der Waals surface area (Å²) in [5.41, 5.74) is 30.1. The van der Waals surface area contributed by atoms with Gasteiger partial charge in [-0.25, -0.2) is 0 Å². The van der Waals surface area contributed by atoms with Gasteiger partial charge in [0.15, 0.2) is 12.6 Å².